The number of benzene rings is 1. The van der Waals surface area contributed by atoms with Gasteiger partial charge in [0.25, 0.3) is 0 Å². The van der Waals surface area contributed by atoms with E-state index in [1.54, 1.807) is 12.3 Å². The molecule has 1 aromatic heterocycles. The van der Waals surface area contributed by atoms with E-state index in [0.29, 0.717) is 5.13 Å². The average Bonchev–Trinajstić information content (AvgIpc) is 2.82. The number of rotatable bonds is 4. The number of halogens is 1. The van der Waals surface area contributed by atoms with Crippen LogP contribution in [0.15, 0.2) is 30.5 Å². The summed E-state index contributed by atoms with van der Waals surface area (Å²) in [5.74, 6) is -0.502. The number of thiazole rings is 1. The number of amides is 2. The van der Waals surface area contributed by atoms with Crippen molar-refractivity contribution in [2.75, 3.05) is 11.9 Å². The summed E-state index contributed by atoms with van der Waals surface area (Å²) in [6.07, 6.45) is 0.550. The zero-order chi connectivity index (χ0) is 14.5. The van der Waals surface area contributed by atoms with Crippen LogP contribution in [0.5, 0.6) is 0 Å². The lowest BCUT2D eigenvalue weighted by Crippen LogP contribution is -2.32. The number of aryl methyl sites for hydroxylation is 1. The first-order chi connectivity index (χ1) is 9.56. The molecule has 7 heteroatoms. The molecule has 5 nitrogen and oxygen atoms in total. The topological polar surface area (TPSA) is 74.2 Å². The molecule has 2 amide bonds. The van der Waals surface area contributed by atoms with E-state index in [-0.39, 0.29) is 12.1 Å². The number of nitrogens with zero attached hydrogens (tertiary/aromatic N) is 1. The Kier molecular flexibility index (Phi) is 4.65. The van der Waals surface area contributed by atoms with Gasteiger partial charge in [-0.25, -0.2) is 14.2 Å². The summed E-state index contributed by atoms with van der Waals surface area (Å²) in [5, 5.41) is 15.3. The number of hydrogen-bond donors (Lipinski definition) is 3. The van der Waals surface area contributed by atoms with Crippen LogP contribution in [0.3, 0.4) is 0 Å². The molecule has 1 aromatic carbocycles. The van der Waals surface area contributed by atoms with Gasteiger partial charge in [-0.05, 0) is 13.0 Å². The Balaban J connectivity index is 1.85. The molecular weight excluding hydrogens is 281 g/mol. The summed E-state index contributed by atoms with van der Waals surface area (Å²) in [6, 6.07) is 5.41. The van der Waals surface area contributed by atoms with E-state index in [4.69, 9.17) is 0 Å². The first-order valence-electron chi connectivity index (χ1n) is 5.96. The van der Waals surface area contributed by atoms with Crippen LogP contribution in [0.25, 0.3) is 0 Å². The van der Waals surface area contributed by atoms with Crippen molar-refractivity contribution >= 4 is 22.5 Å². The van der Waals surface area contributed by atoms with E-state index < -0.39 is 18.0 Å². The molecule has 20 heavy (non-hydrogen) atoms. The first kappa shape index (κ1) is 14.4. The number of aliphatic hydroxyl groups is 1. The summed E-state index contributed by atoms with van der Waals surface area (Å²) < 4.78 is 13.4. The standard InChI is InChI=1S/C13H14FN3O2S/c1-8-6-16-13(20-8)17-12(19)15-7-11(18)9-4-2-3-5-10(9)14/h2-6,11,18H,7H2,1H3,(H2,15,16,17,19). The number of carbonyl (C=O) groups excluding carboxylic acids is 1. The molecular formula is C13H14FN3O2S. The fraction of sp³-hybridized carbons (Fsp3) is 0.231. The highest BCUT2D eigenvalue weighted by Crippen LogP contribution is 2.17. The minimum absolute atomic E-state index is 0.0862. The van der Waals surface area contributed by atoms with Gasteiger partial charge in [0.1, 0.15) is 5.82 Å². The quantitative estimate of drug-likeness (QED) is 0.811. The maximum absolute atomic E-state index is 13.4. The Hall–Kier alpha value is -1.99. The Bertz CT molecular complexity index is 603. The van der Waals surface area contributed by atoms with Crippen LogP contribution in [0, 0.1) is 12.7 Å². The number of aliphatic hydroxyl groups excluding tert-OH is 1. The largest absolute Gasteiger partial charge is 0.386 e. The second-order valence-electron chi connectivity index (χ2n) is 4.15. The molecule has 0 spiro atoms. The molecule has 0 aliphatic rings. The van der Waals surface area contributed by atoms with Crippen molar-refractivity contribution in [2.24, 2.45) is 0 Å². The monoisotopic (exact) mass is 295 g/mol. The lowest BCUT2D eigenvalue weighted by Gasteiger charge is -2.12. The molecule has 2 rings (SSSR count). The number of nitrogens with one attached hydrogen (secondary N) is 2. The molecule has 0 aliphatic heterocycles. The van der Waals surface area contributed by atoms with Crippen LogP contribution >= 0.6 is 11.3 Å². The molecule has 106 valence electrons. The lowest BCUT2D eigenvalue weighted by molar-refractivity contribution is 0.170. The first-order valence-corrected chi connectivity index (χ1v) is 6.77. The Morgan fingerprint density at radius 1 is 1.50 bits per heavy atom. The number of carbonyl (C=O) groups is 1. The SMILES string of the molecule is Cc1cnc(NC(=O)NCC(O)c2ccccc2F)s1. The molecule has 0 saturated heterocycles. The summed E-state index contributed by atoms with van der Waals surface area (Å²) in [7, 11) is 0. The number of anilines is 1. The van der Waals surface area contributed by atoms with E-state index >= 15 is 0 Å². The number of aromatic nitrogens is 1. The van der Waals surface area contributed by atoms with Crippen molar-refractivity contribution < 1.29 is 14.3 Å². The minimum atomic E-state index is -1.10. The normalized spacial score (nSPS) is 11.9. The zero-order valence-corrected chi connectivity index (χ0v) is 11.6. The van der Waals surface area contributed by atoms with Gasteiger partial charge in [0, 0.05) is 23.2 Å². The van der Waals surface area contributed by atoms with Crippen molar-refractivity contribution in [2.45, 2.75) is 13.0 Å². The van der Waals surface area contributed by atoms with Gasteiger partial charge >= 0.3 is 6.03 Å². The number of urea groups is 1. The van der Waals surface area contributed by atoms with E-state index in [9.17, 15) is 14.3 Å². The lowest BCUT2D eigenvalue weighted by atomic mass is 10.1. The second-order valence-corrected chi connectivity index (χ2v) is 5.38. The summed E-state index contributed by atoms with van der Waals surface area (Å²) in [6.45, 7) is 1.79. The number of hydrogen-bond acceptors (Lipinski definition) is 4. The Labute approximate surface area is 119 Å². The Morgan fingerprint density at radius 3 is 2.90 bits per heavy atom. The second kappa shape index (κ2) is 6.44. The smallest absolute Gasteiger partial charge is 0.321 e. The average molecular weight is 295 g/mol. The molecule has 0 saturated carbocycles. The van der Waals surface area contributed by atoms with Crippen LogP contribution < -0.4 is 10.6 Å². The summed E-state index contributed by atoms with van der Waals surface area (Å²) >= 11 is 1.34. The third-order valence-electron chi connectivity index (χ3n) is 2.56. The van der Waals surface area contributed by atoms with E-state index in [0.717, 1.165) is 4.88 Å². The highest BCUT2D eigenvalue weighted by molar-refractivity contribution is 7.15. The van der Waals surface area contributed by atoms with Crippen LogP contribution in [0.4, 0.5) is 14.3 Å². The van der Waals surface area contributed by atoms with Crippen LogP contribution in [-0.2, 0) is 0 Å². The molecule has 0 bridgehead atoms. The van der Waals surface area contributed by atoms with Crippen LogP contribution in [0.1, 0.15) is 16.5 Å². The highest BCUT2D eigenvalue weighted by Gasteiger charge is 2.13. The molecule has 0 aliphatic carbocycles. The summed E-state index contributed by atoms with van der Waals surface area (Å²) in [4.78, 5) is 16.5. The van der Waals surface area contributed by atoms with Crippen molar-refractivity contribution in [3.8, 4) is 0 Å². The fourth-order valence-corrected chi connectivity index (χ4v) is 2.26. The molecule has 0 radical (unpaired) electrons. The van der Waals surface area contributed by atoms with Gasteiger partial charge in [-0.3, -0.25) is 5.32 Å². The van der Waals surface area contributed by atoms with Gasteiger partial charge in [0.2, 0.25) is 0 Å². The fourth-order valence-electron chi connectivity index (χ4n) is 1.60. The van der Waals surface area contributed by atoms with Crippen LogP contribution in [0.2, 0.25) is 0 Å². The van der Waals surface area contributed by atoms with Crippen LogP contribution in [-0.4, -0.2) is 22.7 Å². The molecule has 2 aromatic rings. The maximum Gasteiger partial charge on any atom is 0.321 e. The van der Waals surface area contributed by atoms with E-state index in [2.05, 4.69) is 15.6 Å². The maximum atomic E-state index is 13.4. The minimum Gasteiger partial charge on any atom is -0.386 e. The zero-order valence-electron chi connectivity index (χ0n) is 10.8. The van der Waals surface area contributed by atoms with E-state index in [1.807, 2.05) is 6.92 Å². The summed E-state index contributed by atoms with van der Waals surface area (Å²) in [5.41, 5.74) is 0.151. The molecule has 3 N–H and O–H groups in total. The highest BCUT2D eigenvalue weighted by atomic mass is 32.1. The van der Waals surface area contributed by atoms with Crippen molar-refractivity contribution in [1.82, 2.24) is 10.3 Å². The van der Waals surface area contributed by atoms with Gasteiger partial charge < -0.3 is 10.4 Å². The predicted molar refractivity (Wildman–Crippen MR) is 75.2 cm³/mol. The molecule has 0 fully saturated rings. The molecule has 1 atom stereocenters. The van der Waals surface area contributed by atoms with Gasteiger partial charge in [0.15, 0.2) is 5.13 Å². The molecule has 1 heterocycles. The van der Waals surface area contributed by atoms with Crippen molar-refractivity contribution in [3.05, 3.63) is 46.7 Å². The van der Waals surface area contributed by atoms with Gasteiger partial charge in [-0.2, -0.15) is 0 Å². The van der Waals surface area contributed by atoms with Gasteiger partial charge in [-0.15, -0.1) is 11.3 Å². The third-order valence-corrected chi connectivity index (χ3v) is 3.39. The van der Waals surface area contributed by atoms with Crippen molar-refractivity contribution in [1.29, 1.82) is 0 Å². The van der Waals surface area contributed by atoms with Crippen molar-refractivity contribution in [3.63, 3.8) is 0 Å². The molecule has 1 unspecified atom stereocenters. The van der Waals surface area contributed by atoms with Gasteiger partial charge in [0.05, 0.1) is 6.10 Å². The van der Waals surface area contributed by atoms with Gasteiger partial charge in [-0.1, -0.05) is 18.2 Å². The van der Waals surface area contributed by atoms with E-state index in [1.165, 1.54) is 29.5 Å². The predicted octanol–water partition coefficient (Wildman–Crippen LogP) is 2.45. The third kappa shape index (κ3) is 3.75. The Morgan fingerprint density at radius 2 is 2.25 bits per heavy atom.